The number of nitrogens with one attached hydrogen (secondary N) is 1. The van der Waals surface area contributed by atoms with Crippen molar-refractivity contribution in [3.63, 3.8) is 0 Å². The van der Waals surface area contributed by atoms with E-state index in [0.717, 1.165) is 0 Å². The predicted octanol–water partition coefficient (Wildman–Crippen LogP) is 1.06. The molecule has 0 atom stereocenters. The van der Waals surface area contributed by atoms with Gasteiger partial charge in [-0.2, -0.15) is 22.9 Å². The highest BCUT2D eigenvalue weighted by atomic mass is 19.4. The number of hydrogen-bond donors (Lipinski definition) is 5. The van der Waals surface area contributed by atoms with Crippen LogP contribution in [0.25, 0.3) is 10.9 Å². The molecule has 30 heavy (non-hydrogen) atoms. The van der Waals surface area contributed by atoms with Crippen LogP contribution in [0.5, 0.6) is 5.75 Å². The number of alkyl halides is 3. The fourth-order valence-electron chi connectivity index (χ4n) is 2.53. The number of benzene rings is 1. The first-order valence-corrected chi connectivity index (χ1v) is 8.62. The number of anilines is 1. The SMILES string of the molecule is CC/C=C\C(=N/n1c(=O)c(C(=O)NCC(O)O)c(O)c2cccc(N)c21)C(F)(F)F. The molecule has 0 aliphatic carbocycles. The van der Waals surface area contributed by atoms with E-state index < -0.39 is 47.5 Å². The first-order chi connectivity index (χ1) is 14.0. The minimum absolute atomic E-state index is 0.164. The van der Waals surface area contributed by atoms with Gasteiger partial charge in [-0.3, -0.25) is 9.59 Å². The Kier molecular flexibility index (Phi) is 6.84. The molecule has 1 aromatic carbocycles. The second-order valence-electron chi connectivity index (χ2n) is 6.07. The molecule has 1 heterocycles. The molecule has 0 aliphatic rings. The molecular weight excluding hydrogens is 409 g/mol. The summed E-state index contributed by atoms with van der Waals surface area (Å²) in [6, 6.07) is 3.88. The molecule has 0 fully saturated rings. The highest BCUT2D eigenvalue weighted by molar-refractivity contribution is 6.05. The number of hydrogen-bond acceptors (Lipinski definition) is 7. The van der Waals surface area contributed by atoms with Gasteiger partial charge in [0.1, 0.15) is 16.8 Å². The van der Waals surface area contributed by atoms with Crippen LogP contribution >= 0.6 is 0 Å². The summed E-state index contributed by atoms with van der Waals surface area (Å²) in [5.74, 6) is -2.08. The van der Waals surface area contributed by atoms with E-state index in [1.54, 1.807) is 6.92 Å². The Morgan fingerprint density at radius 3 is 2.60 bits per heavy atom. The molecule has 9 nitrogen and oxygen atoms in total. The van der Waals surface area contributed by atoms with E-state index in [0.29, 0.717) is 6.08 Å². The highest BCUT2D eigenvalue weighted by Crippen LogP contribution is 2.30. The topological polar surface area (TPSA) is 150 Å². The van der Waals surface area contributed by atoms with Gasteiger partial charge in [0.25, 0.3) is 11.5 Å². The smallest absolute Gasteiger partial charge is 0.435 e. The van der Waals surface area contributed by atoms with Gasteiger partial charge in [0, 0.05) is 5.39 Å². The summed E-state index contributed by atoms with van der Waals surface area (Å²) in [5, 5.41) is 33.3. The second kappa shape index (κ2) is 8.97. The fraction of sp³-hybridized carbons (Fsp3) is 0.278. The lowest BCUT2D eigenvalue weighted by molar-refractivity contribution is -0.0581. The number of carbonyl (C=O) groups excluding carboxylic acids is 1. The van der Waals surface area contributed by atoms with Crippen LogP contribution in [0.15, 0.2) is 40.2 Å². The number of aliphatic hydroxyl groups excluding tert-OH is 1. The maximum absolute atomic E-state index is 13.4. The molecule has 0 bridgehead atoms. The predicted molar refractivity (Wildman–Crippen MR) is 103 cm³/mol. The quantitative estimate of drug-likeness (QED) is 0.264. The Hall–Kier alpha value is -3.38. The lowest BCUT2D eigenvalue weighted by Gasteiger charge is -2.15. The lowest BCUT2D eigenvalue weighted by atomic mass is 10.1. The van der Waals surface area contributed by atoms with E-state index in [1.807, 2.05) is 5.32 Å². The van der Waals surface area contributed by atoms with Gasteiger partial charge in [-0.25, -0.2) is 0 Å². The van der Waals surface area contributed by atoms with Gasteiger partial charge in [0.05, 0.1) is 12.2 Å². The van der Waals surface area contributed by atoms with Crippen molar-refractivity contribution in [2.45, 2.75) is 25.8 Å². The van der Waals surface area contributed by atoms with Gasteiger partial charge in [0.2, 0.25) is 0 Å². The molecule has 0 radical (unpaired) electrons. The van der Waals surface area contributed by atoms with Gasteiger partial charge >= 0.3 is 6.18 Å². The van der Waals surface area contributed by atoms with Gasteiger partial charge in [-0.05, 0) is 24.6 Å². The third-order valence-electron chi connectivity index (χ3n) is 3.86. The van der Waals surface area contributed by atoms with Gasteiger partial charge in [-0.15, -0.1) is 0 Å². The number of aromatic nitrogens is 1. The third-order valence-corrected chi connectivity index (χ3v) is 3.86. The van der Waals surface area contributed by atoms with Crippen molar-refractivity contribution >= 4 is 28.2 Å². The number of rotatable bonds is 6. The number of fused-ring (bicyclic) bond motifs is 1. The fourth-order valence-corrected chi connectivity index (χ4v) is 2.53. The first kappa shape index (κ1) is 22.9. The molecular formula is C18H19F3N4O5. The van der Waals surface area contributed by atoms with Crippen molar-refractivity contribution < 1.29 is 33.3 Å². The van der Waals surface area contributed by atoms with Crippen LogP contribution in [-0.4, -0.2) is 50.6 Å². The minimum Gasteiger partial charge on any atom is -0.506 e. The molecule has 1 aromatic heterocycles. The van der Waals surface area contributed by atoms with Crippen LogP contribution in [0.2, 0.25) is 0 Å². The Labute approximate surface area is 167 Å². The van der Waals surface area contributed by atoms with Gasteiger partial charge in [-0.1, -0.05) is 19.1 Å². The number of nitrogens with zero attached hydrogens (tertiary/aromatic N) is 2. The van der Waals surface area contributed by atoms with Gasteiger partial charge < -0.3 is 26.4 Å². The monoisotopic (exact) mass is 428 g/mol. The Bertz CT molecular complexity index is 1070. The number of aromatic hydroxyl groups is 1. The zero-order valence-electron chi connectivity index (χ0n) is 15.6. The molecule has 0 spiro atoms. The molecule has 6 N–H and O–H groups in total. The maximum atomic E-state index is 13.4. The summed E-state index contributed by atoms with van der Waals surface area (Å²) in [5.41, 5.74) is 1.56. The van der Waals surface area contributed by atoms with Crippen molar-refractivity contribution in [1.82, 2.24) is 9.99 Å². The zero-order valence-corrected chi connectivity index (χ0v) is 15.6. The van der Waals surface area contributed by atoms with Crippen molar-refractivity contribution in [3.8, 4) is 5.75 Å². The molecule has 0 saturated heterocycles. The Morgan fingerprint density at radius 1 is 1.37 bits per heavy atom. The summed E-state index contributed by atoms with van der Waals surface area (Å²) in [7, 11) is 0. The average molecular weight is 428 g/mol. The highest BCUT2D eigenvalue weighted by Gasteiger charge is 2.35. The maximum Gasteiger partial charge on any atom is 0.435 e. The number of nitrogen functional groups attached to an aromatic ring is 1. The molecule has 12 heteroatoms. The molecule has 0 unspecified atom stereocenters. The Morgan fingerprint density at radius 2 is 2.03 bits per heavy atom. The number of pyridine rings is 1. The molecule has 0 aliphatic heterocycles. The number of para-hydroxylation sites is 1. The number of halogens is 3. The first-order valence-electron chi connectivity index (χ1n) is 8.62. The summed E-state index contributed by atoms with van der Waals surface area (Å²) >= 11 is 0. The van der Waals surface area contributed by atoms with Crippen molar-refractivity contribution in [3.05, 3.63) is 46.3 Å². The number of nitrogens with two attached hydrogens (primary N) is 1. The lowest BCUT2D eigenvalue weighted by Crippen LogP contribution is -2.37. The average Bonchev–Trinajstić information content (AvgIpc) is 2.65. The van der Waals surface area contributed by atoms with E-state index in [-0.39, 0.29) is 27.7 Å². The van der Waals surface area contributed by atoms with Crippen LogP contribution in [0.1, 0.15) is 23.7 Å². The van der Waals surface area contributed by atoms with E-state index in [4.69, 9.17) is 15.9 Å². The number of carbonyl (C=O) groups is 1. The van der Waals surface area contributed by atoms with Crippen LogP contribution in [0.3, 0.4) is 0 Å². The Balaban J connectivity index is 2.89. The van der Waals surface area contributed by atoms with Crippen molar-refractivity contribution in [1.29, 1.82) is 0 Å². The summed E-state index contributed by atoms with van der Waals surface area (Å²) < 4.78 is 40.5. The molecule has 2 rings (SSSR count). The van der Waals surface area contributed by atoms with E-state index >= 15 is 0 Å². The number of aliphatic hydroxyl groups is 2. The van der Waals surface area contributed by atoms with E-state index in [1.165, 1.54) is 24.3 Å². The van der Waals surface area contributed by atoms with E-state index in [2.05, 4.69) is 5.10 Å². The number of amides is 1. The van der Waals surface area contributed by atoms with Crippen molar-refractivity contribution in [2.24, 2.45) is 5.10 Å². The van der Waals surface area contributed by atoms with Crippen LogP contribution in [0, 0.1) is 0 Å². The number of allylic oxidation sites excluding steroid dienone is 2. The summed E-state index contributed by atoms with van der Waals surface area (Å²) in [4.78, 5) is 25.1. The van der Waals surface area contributed by atoms with Gasteiger partial charge in [0.15, 0.2) is 12.0 Å². The minimum atomic E-state index is -4.93. The molecule has 1 amide bonds. The molecule has 0 saturated carbocycles. The van der Waals surface area contributed by atoms with Crippen LogP contribution in [0.4, 0.5) is 18.9 Å². The van der Waals surface area contributed by atoms with Crippen molar-refractivity contribution in [2.75, 3.05) is 12.3 Å². The standard InChI is InChI=1S/C18H19F3N4O5/c1-2-3-7-11(18(19,20)21)24-25-14-9(5-4-6-10(14)22)15(28)13(17(25)30)16(29)23-8-12(26)27/h3-7,12,26-28H,2,8,22H2,1H3,(H,23,29)/b7-3-,24-11+. The molecule has 162 valence electrons. The molecule has 2 aromatic rings. The normalized spacial score (nSPS) is 12.8. The second-order valence-corrected chi connectivity index (χ2v) is 6.07. The van der Waals surface area contributed by atoms with Crippen LogP contribution < -0.4 is 16.6 Å². The summed E-state index contributed by atoms with van der Waals surface area (Å²) in [6.45, 7) is 0.908. The zero-order chi connectivity index (χ0) is 22.6. The van der Waals surface area contributed by atoms with E-state index in [9.17, 15) is 27.9 Å². The summed E-state index contributed by atoms with van der Waals surface area (Å²) in [6.07, 6.45) is -4.77. The third kappa shape index (κ3) is 4.78. The largest absolute Gasteiger partial charge is 0.506 e. The van der Waals surface area contributed by atoms with Crippen LogP contribution in [-0.2, 0) is 0 Å².